The lowest BCUT2D eigenvalue weighted by molar-refractivity contribution is 0.268. The van der Waals surface area contributed by atoms with Crippen molar-refractivity contribution in [3.63, 3.8) is 0 Å². The molecule has 2 aromatic carbocycles. The van der Waals surface area contributed by atoms with E-state index < -0.39 is 8.32 Å². The van der Waals surface area contributed by atoms with Gasteiger partial charge in [0, 0.05) is 17.9 Å². The number of benzene rings is 2. The van der Waals surface area contributed by atoms with Gasteiger partial charge in [-0.2, -0.15) is 0 Å². The largest absolute Gasteiger partial charge is 0.418 e. The fourth-order valence-corrected chi connectivity index (χ4v) is 4.45. The Morgan fingerprint density at radius 3 is 2.37 bits per heavy atom. The molecule has 1 atom stereocenters. The van der Waals surface area contributed by atoms with Crippen molar-refractivity contribution < 1.29 is 8.84 Å². The zero-order valence-corrected chi connectivity index (χ0v) is 22.7. The molecule has 3 rings (SSSR count). The van der Waals surface area contributed by atoms with Gasteiger partial charge in [0.1, 0.15) is 6.04 Å². The van der Waals surface area contributed by atoms with Gasteiger partial charge < -0.3 is 14.2 Å². The van der Waals surface area contributed by atoms with Crippen LogP contribution in [0.1, 0.15) is 44.7 Å². The molecule has 7 nitrogen and oxygen atoms in total. The zero-order valence-electron chi connectivity index (χ0n) is 20.9. The summed E-state index contributed by atoms with van der Waals surface area (Å²) >= 11 is 6.41. The molecule has 0 bridgehead atoms. The Kier molecular flexibility index (Phi) is 8.02. The molecule has 1 N–H and O–H groups in total. The van der Waals surface area contributed by atoms with Crippen molar-refractivity contribution in [1.29, 1.82) is 0 Å². The first-order chi connectivity index (χ1) is 16.5. The summed E-state index contributed by atoms with van der Waals surface area (Å²) in [5.41, 5.74) is 3.28. The SMILES string of the molecule is [C-]#[N+]c1ccc(-c2nnc([C@@H](CCO[Si](C)(C)C(C)(C)C)Nc3ccc([N+]#[C-])c(Cl)c3C)o2)cc1. The van der Waals surface area contributed by atoms with E-state index in [2.05, 4.69) is 59.1 Å². The van der Waals surface area contributed by atoms with E-state index in [9.17, 15) is 0 Å². The molecule has 0 unspecified atom stereocenters. The average molecular weight is 508 g/mol. The molecule has 182 valence electrons. The van der Waals surface area contributed by atoms with Gasteiger partial charge in [-0.1, -0.05) is 62.7 Å². The fraction of sp³-hybridized carbons (Fsp3) is 0.385. The number of halogens is 1. The summed E-state index contributed by atoms with van der Waals surface area (Å²) in [7, 11) is -1.93. The Hall–Kier alpha value is -3.17. The lowest BCUT2D eigenvalue weighted by atomic mass is 10.1. The van der Waals surface area contributed by atoms with Crippen LogP contribution in [0.4, 0.5) is 17.1 Å². The molecule has 35 heavy (non-hydrogen) atoms. The highest BCUT2D eigenvalue weighted by atomic mass is 35.5. The van der Waals surface area contributed by atoms with Crippen LogP contribution < -0.4 is 5.32 Å². The minimum absolute atomic E-state index is 0.102. The highest BCUT2D eigenvalue weighted by Gasteiger charge is 2.37. The second-order valence-corrected chi connectivity index (χ2v) is 15.1. The monoisotopic (exact) mass is 507 g/mol. The van der Waals surface area contributed by atoms with E-state index in [0.29, 0.717) is 41.2 Å². The maximum atomic E-state index is 7.30. The molecule has 9 heteroatoms. The number of rotatable bonds is 8. The van der Waals surface area contributed by atoms with Crippen LogP contribution in [0, 0.1) is 20.1 Å². The van der Waals surface area contributed by atoms with E-state index in [4.69, 9.17) is 33.6 Å². The van der Waals surface area contributed by atoms with Gasteiger partial charge in [0.05, 0.1) is 18.2 Å². The summed E-state index contributed by atoms with van der Waals surface area (Å²) in [6, 6.07) is 10.2. The van der Waals surface area contributed by atoms with Crippen LogP contribution in [0.15, 0.2) is 40.8 Å². The topological polar surface area (TPSA) is 68.9 Å². The standard InChI is InChI=1S/C26H30ClN5O2Si/c1-17-20(13-14-21(29-6)23(17)27)30-22(15-16-33-35(7,8)26(2,3)4)25-32-31-24(34-25)18-9-11-19(28-5)12-10-18/h9-14,22,30H,15-16H2,1-4,7-8H3/t22-/m1/s1. The van der Waals surface area contributed by atoms with E-state index >= 15 is 0 Å². The van der Waals surface area contributed by atoms with Crippen LogP contribution in [0.5, 0.6) is 0 Å². The number of hydrogen-bond donors (Lipinski definition) is 1. The lowest BCUT2D eigenvalue weighted by Crippen LogP contribution is -2.41. The van der Waals surface area contributed by atoms with Gasteiger partial charge in [-0.25, -0.2) is 9.69 Å². The minimum Gasteiger partial charge on any atom is -0.418 e. The van der Waals surface area contributed by atoms with Crippen molar-refractivity contribution in [1.82, 2.24) is 10.2 Å². The highest BCUT2D eigenvalue weighted by Crippen LogP contribution is 2.38. The Morgan fingerprint density at radius 2 is 1.77 bits per heavy atom. The Labute approximate surface area is 213 Å². The van der Waals surface area contributed by atoms with Crippen LogP contribution in [-0.4, -0.2) is 25.1 Å². The highest BCUT2D eigenvalue weighted by molar-refractivity contribution is 6.74. The summed E-state index contributed by atoms with van der Waals surface area (Å²) in [5, 5.41) is 12.6. The molecule has 1 heterocycles. The first-order valence-corrected chi connectivity index (χ1v) is 14.6. The van der Waals surface area contributed by atoms with Crippen molar-refractivity contribution >= 4 is 37.0 Å². The van der Waals surface area contributed by atoms with E-state index in [1.807, 2.05) is 13.0 Å². The van der Waals surface area contributed by atoms with Gasteiger partial charge in [-0.15, -0.1) is 10.2 Å². The number of aromatic nitrogens is 2. The summed E-state index contributed by atoms with van der Waals surface area (Å²) in [6.07, 6.45) is 0.604. The van der Waals surface area contributed by atoms with E-state index in [1.54, 1.807) is 30.3 Å². The number of nitrogens with zero attached hydrogens (tertiary/aromatic N) is 4. The predicted octanol–water partition coefficient (Wildman–Crippen LogP) is 8.37. The summed E-state index contributed by atoms with van der Waals surface area (Å²) in [5.74, 6) is 0.810. The van der Waals surface area contributed by atoms with Gasteiger partial charge >= 0.3 is 0 Å². The van der Waals surface area contributed by atoms with Crippen LogP contribution >= 0.6 is 11.6 Å². The van der Waals surface area contributed by atoms with E-state index in [1.165, 1.54) is 0 Å². The molecule has 0 radical (unpaired) electrons. The maximum Gasteiger partial charge on any atom is 0.247 e. The molecule has 0 aliphatic rings. The molecule has 0 saturated heterocycles. The first-order valence-electron chi connectivity index (χ1n) is 11.3. The molecular weight excluding hydrogens is 478 g/mol. The van der Waals surface area contributed by atoms with Gasteiger partial charge in [-0.05, 0) is 43.1 Å². The molecule has 1 aromatic heterocycles. The third-order valence-corrected chi connectivity index (χ3v) is 11.5. The van der Waals surface area contributed by atoms with Crippen LogP contribution in [0.3, 0.4) is 0 Å². The first kappa shape index (κ1) is 26.4. The van der Waals surface area contributed by atoms with E-state index in [-0.39, 0.29) is 11.1 Å². The number of hydrogen-bond acceptors (Lipinski definition) is 5. The third kappa shape index (κ3) is 6.10. The summed E-state index contributed by atoms with van der Waals surface area (Å²) < 4.78 is 12.5. The average Bonchev–Trinajstić information content (AvgIpc) is 3.31. The smallest absolute Gasteiger partial charge is 0.247 e. The van der Waals surface area contributed by atoms with Crippen molar-refractivity contribution in [2.75, 3.05) is 11.9 Å². The molecule has 0 amide bonds. The summed E-state index contributed by atoms with van der Waals surface area (Å²) in [4.78, 5) is 6.89. The lowest BCUT2D eigenvalue weighted by Gasteiger charge is -2.36. The van der Waals surface area contributed by atoms with Gasteiger partial charge in [-0.3, -0.25) is 0 Å². The summed E-state index contributed by atoms with van der Waals surface area (Å²) in [6.45, 7) is 27.9. The molecule has 0 spiro atoms. The minimum atomic E-state index is -1.93. The molecule has 0 fully saturated rings. The predicted molar refractivity (Wildman–Crippen MR) is 143 cm³/mol. The molecule has 0 aliphatic heterocycles. The van der Waals surface area contributed by atoms with Crippen LogP contribution in [0.25, 0.3) is 21.1 Å². The second kappa shape index (κ2) is 10.6. The second-order valence-electron chi connectivity index (χ2n) is 9.88. The van der Waals surface area contributed by atoms with Crippen LogP contribution in [0.2, 0.25) is 23.2 Å². The quantitative estimate of drug-likeness (QED) is 0.245. The Morgan fingerprint density at radius 1 is 1.09 bits per heavy atom. The number of nitrogens with one attached hydrogen (secondary N) is 1. The fourth-order valence-electron chi connectivity index (χ4n) is 3.18. The molecule has 0 saturated carbocycles. The maximum absolute atomic E-state index is 7.30. The van der Waals surface area contributed by atoms with Crippen molar-refractivity contribution in [3.8, 4) is 11.5 Å². The van der Waals surface area contributed by atoms with Crippen molar-refractivity contribution in [2.45, 2.75) is 58.3 Å². The zero-order chi connectivity index (χ0) is 25.8. The van der Waals surface area contributed by atoms with Crippen LogP contribution in [-0.2, 0) is 4.43 Å². The molecular formula is C26H30ClN5O2Si. The molecule has 3 aromatic rings. The number of anilines is 1. The van der Waals surface area contributed by atoms with Gasteiger partial charge in [0.15, 0.2) is 14.0 Å². The van der Waals surface area contributed by atoms with Crippen molar-refractivity contribution in [2.24, 2.45) is 0 Å². The third-order valence-electron chi connectivity index (χ3n) is 6.47. The van der Waals surface area contributed by atoms with Crippen molar-refractivity contribution in [3.05, 3.63) is 75.7 Å². The molecule has 0 aliphatic carbocycles. The van der Waals surface area contributed by atoms with Gasteiger partial charge in [0.25, 0.3) is 0 Å². The Bertz CT molecular complexity index is 1270. The normalized spacial score (nSPS) is 12.6. The van der Waals surface area contributed by atoms with E-state index in [0.717, 1.165) is 16.8 Å². The Balaban J connectivity index is 1.88. The van der Waals surface area contributed by atoms with Gasteiger partial charge in [0.2, 0.25) is 17.5 Å².